The number of ether oxygens (including phenoxy) is 1. The molecular formula is C77H72N4O. The molecule has 5 heteroatoms. The van der Waals surface area contributed by atoms with Crippen LogP contribution in [0.3, 0.4) is 0 Å². The maximum atomic E-state index is 7.35. The molecule has 0 saturated carbocycles. The van der Waals surface area contributed by atoms with Crippen LogP contribution in [0, 0.1) is 0 Å². The number of aromatic nitrogens is 2. The molecule has 0 amide bonds. The summed E-state index contributed by atoms with van der Waals surface area (Å²) in [5.41, 5.74) is 23.8. The topological polar surface area (TPSA) is 33.5 Å². The maximum absolute atomic E-state index is 7.35. The Bertz CT molecular complexity index is 4330. The van der Waals surface area contributed by atoms with E-state index >= 15 is 0 Å². The third kappa shape index (κ3) is 7.98. The van der Waals surface area contributed by atoms with Gasteiger partial charge in [-0.1, -0.05) is 223 Å². The number of benzene rings is 9. The van der Waals surface area contributed by atoms with Gasteiger partial charge in [-0.25, -0.2) is 4.98 Å². The first-order valence-corrected chi connectivity index (χ1v) is 29.3. The van der Waals surface area contributed by atoms with E-state index in [1.165, 1.54) is 94.3 Å². The molecule has 406 valence electrons. The fraction of sp³-hybridized carbons (Fsp3) is 0.234. The molecule has 1 spiro atoms. The molecule has 0 atom stereocenters. The lowest BCUT2D eigenvalue weighted by molar-refractivity contribution is 0.482. The molecule has 11 aromatic rings. The van der Waals surface area contributed by atoms with Crippen molar-refractivity contribution in [1.82, 2.24) is 9.55 Å². The van der Waals surface area contributed by atoms with Crippen LogP contribution >= 0.6 is 0 Å². The van der Waals surface area contributed by atoms with Crippen LogP contribution in [0.25, 0.3) is 61.0 Å². The Morgan fingerprint density at radius 2 is 0.927 bits per heavy atom. The van der Waals surface area contributed by atoms with Gasteiger partial charge in [0.05, 0.1) is 33.5 Å². The Balaban J connectivity index is 0.923. The van der Waals surface area contributed by atoms with E-state index in [0.29, 0.717) is 6.67 Å². The number of fused-ring (bicyclic) bond motifs is 8. The van der Waals surface area contributed by atoms with Crippen molar-refractivity contribution in [1.29, 1.82) is 0 Å². The standard InChI is InChI=1S/C77H72N4O/c1-73(2,3)50-24-19-23-48(39-50)57-29-21-30-58(49-40-52(75(7,8)9)42-53(41-49)76(10,11)12)72(57)80-47-79(65-34-17-18-35-66(65)80)54-25-20-26-55(44-54)82-56-45-64-71-68(46-56)81(69-43-51(37-38-78-69)74(4,5)6)67-36-22-33-63(70(67)71)77(64)61-31-15-13-27-59(61)60-28-14-16-32-62(60)77/h13-46H,47H2,1-12H3. The Labute approximate surface area is 484 Å². The molecule has 14 rings (SSSR count). The van der Waals surface area contributed by atoms with Crippen LogP contribution in [0.1, 0.15) is 128 Å². The zero-order valence-electron chi connectivity index (χ0n) is 49.5. The lowest BCUT2D eigenvalue weighted by Gasteiger charge is -2.32. The number of hydrogen-bond donors (Lipinski definition) is 0. The molecule has 3 aliphatic rings. The van der Waals surface area contributed by atoms with Gasteiger partial charge in [-0.15, -0.1) is 0 Å². The van der Waals surface area contributed by atoms with E-state index in [-0.39, 0.29) is 21.7 Å². The summed E-state index contributed by atoms with van der Waals surface area (Å²) < 4.78 is 9.73. The van der Waals surface area contributed by atoms with Crippen molar-refractivity contribution in [3.05, 3.63) is 251 Å². The highest BCUT2D eigenvalue weighted by Crippen LogP contribution is 2.64. The Morgan fingerprint density at radius 1 is 0.390 bits per heavy atom. The second-order valence-electron chi connectivity index (χ2n) is 27.3. The molecule has 2 aliphatic carbocycles. The van der Waals surface area contributed by atoms with Crippen molar-refractivity contribution in [3.8, 4) is 50.7 Å². The molecule has 9 aromatic carbocycles. The molecule has 1 aliphatic heterocycles. The van der Waals surface area contributed by atoms with E-state index < -0.39 is 5.41 Å². The summed E-state index contributed by atoms with van der Waals surface area (Å²) >= 11 is 0. The van der Waals surface area contributed by atoms with E-state index in [1.54, 1.807) is 0 Å². The lowest BCUT2D eigenvalue weighted by Crippen LogP contribution is -2.26. The number of hydrogen-bond acceptors (Lipinski definition) is 4. The highest BCUT2D eigenvalue weighted by molar-refractivity contribution is 6.19. The summed E-state index contributed by atoms with van der Waals surface area (Å²) in [5.74, 6) is 2.45. The number of para-hydroxylation sites is 3. The molecule has 5 nitrogen and oxygen atoms in total. The van der Waals surface area contributed by atoms with Crippen LogP contribution in [-0.4, -0.2) is 16.2 Å². The lowest BCUT2D eigenvalue weighted by atomic mass is 9.70. The van der Waals surface area contributed by atoms with E-state index in [1.807, 2.05) is 6.20 Å². The number of nitrogens with zero attached hydrogens (tertiary/aromatic N) is 4. The minimum atomic E-state index is -0.537. The molecule has 0 bridgehead atoms. The van der Waals surface area contributed by atoms with Crippen LogP contribution in [-0.2, 0) is 27.1 Å². The Kier molecular flexibility index (Phi) is 11.4. The van der Waals surface area contributed by atoms with E-state index in [9.17, 15) is 0 Å². The summed E-state index contributed by atoms with van der Waals surface area (Å²) in [6, 6.07) is 75.0. The molecule has 0 saturated heterocycles. The summed E-state index contributed by atoms with van der Waals surface area (Å²) in [7, 11) is 0. The van der Waals surface area contributed by atoms with Crippen LogP contribution in [0.4, 0.5) is 22.7 Å². The van der Waals surface area contributed by atoms with Gasteiger partial charge in [-0.05, 0) is 137 Å². The minimum Gasteiger partial charge on any atom is -0.457 e. The largest absolute Gasteiger partial charge is 0.457 e. The molecular weight excluding hydrogens is 997 g/mol. The van der Waals surface area contributed by atoms with Crippen molar-refractivity contribution in [2.45, 2.75) is 110 Å². The maximum Gasteiger partial charge on any atom is 0.137 e. The van der Waals surface area contributed by atoms with Crippen molar-refractivity contribution in [2.24, 2.45) is 0 Å². The summed E-state index contributed by atoms with van der Waals surface area (Å²) in [6.45, 7) is 28.3. The van der Waals surface area contributed by atoms with Crippen molar-refractivity contribution >= 4 is 44.6 Å². The fourth-order valence-corrected chi connectivity index (χ4v) is 13.6. The predicted molar refractivity (Wildman–Crippen MR) is 344 cm³/mol. The zero-order chi connectivity index (χ0) is 56.8. The summed E-state index contributed by atoms with van der Waals surface area (Å²) in [6.07, 6.45) is 1.97. The van der Waals surface area contributed by atoms with E-state index in [2.05, 4.69) is 298 Å². The highest BCUT2D eigenvalue weighted by atomic mass is 16.5. The van der Waals surface area contributed by atoms with Crippen LogP contribution < -0.4 is 14.5 Å². The fourth-order valence-electron chi connectivity index (χ4n) is 13.6. The number of anilines is 4. The molecule has 0 radical (unpaired) electrons. The molecule has 3 heterocycles. The van der Waals surface area contributed by atoms with Gasteiger partial charge in [-0.3, -0.25) is 4.57 Å². The first-order chi connectivity index (χ1) is 39.2. The second-order valence-corrected chi connectivity index (χ2v) is 27.3. The van der Waals surface area contributed by atoms with Gasteiger partial charge in [0.2, 0.25) is 0 Å². The second kappa shape index (κ2) is 18.2. The number of pyridine rings is 1. The molecule has 0 N–H and O–H groups in total. The van der Waals surface area contributed by atoms with Gasteiger partial charge in [0.25, 0.3) is 0 Å². The van der Waals surface area contributed by atoms with E-state index in [4.69, 9.17) is 9.72 Å². The molecule has 0 unspecified atom stereocenters. The highest BCUT2D eigenvalue weighted by Gasteiger charge is 2.52. The average molecular weight is 1070 g/mol. The molecule has 2 aromatic heterocycles. The first-order valence-electron chi connectivity index (χ1n) is 29.3. The molecule has 82 heavy (non-hydrogen) atoms. The average Bonchev–Trinajstić information content (AvgIpc) is 1.57. The van der Waals surface area contributed by atoms with Gasteiger partial charge in [-0.2, -0.15) is 0 Å². The SMILES string of the molecule is CC(C)(C)c1cccc(-c2cccc(-c3cc(C(C)(C)C)cc(C(C)(C)C)c3)c2N2CN(c3cccc(Oc4cc5c6c7c(cccc7n(-c7cc(C(C)(C)C)ccn7)c6c4)C54c5ccccc5-c5ccccc54)c3)c3ccccc32)c1. The minimum absolute atomic E-state index is 0.0181. The van der Waals surface area contributed by atoms with Crippen molar-refractivity contribution in [2.75, 3.05) is 16.5 Å². The smallest absolute Gasteiger partial charge is 0.137 e. The van der Waals surface area contributed by atoms with Crippen molar-refractivity contribution < 1.29 is 4.74 Å². The quantitative estimate of drug-likeness (QED) is 0.159. The normalized spacial score (nSPS) is 14.3. The number of rotatable bonds is 7. The van der Waals surface area contributed by atoms with Gasteiger partial charge < -0.3 is 14.5 Å². The Morgan fingerprint density at radius 3 is 1.60 bits per heavy atom. The third-order valence-corrected chi connectivity index (χ3v) is 17.9. The monoisotopic (exact) mass is 1070 g/mol. The van der Waals surface area contributed by atoms with Gasteiger partial charge in [0.1, 0.15) is 24.0 Å². The van der Waals surface area contributed by atoms with E-state index in [0.717, 1.165) is 45.4 Å². The van der Waals surface area contributed by atoms with Crippen LogP contribution in [0.2, 0.25) is 0 Å². The molecule has 0 fully saturated rings. The third-order valence-electron chi connectivity index (χ3n) is 17.9. The van der Waals surface area contributed by atoms with Gasteiger partial charge in [0, 0.05) is 45.9 Å². The van der Waals surface area contributed by atoms with Gasteiger partial charge in [0.15, 0.2) is 0 Å². The Hall–Kier alpha value is -8.67. The predicted octanol–water partition coefficient (Wildman–Crippen LogP) is 20.4. The zero-order valence-corrected chi connectivity index (χ0v) is 49.5. The summed E-state index contributed by atoms with van der Waals surface area (Å²) in [4.78, 5) is 10.1. The van der Waals surface area contributed by atoms with Crippen LogP contribution in [0.15, 0.2) is 206 Å². The van der Waals surface area contributed by atoms with Crippen LogP contribution in [0.5, 0.6) is 11.5 Å². The van der Waals surface area contributed by atoms with Crippen molar-refractivity contribution in [3.63, 3.8) is 0 Å². The van der Waals surface area contributed by atoms with Gasteiger partial charge >= 0.3 is 0 Å². The summed E-state index contributed by atoms with van der Waals surface area (Å²) in [5, 5.41) is 2.52. The first kappa shape index (κ1) is 51.5.